The number of nitrogens with zero attached hydrogens (tertiary/aromatic N) is 3. The summed E-state index contributed by atoms with van der Waals surface area (Å²) in [5.74, 6) is 0.811. The second-order valence-electron chi connectivity index (χ2n) is 7.89. The van der Waals surface area contributed by atoms with E-state index in [9.17, 15) is 4.79 Å². The van der Waals surface area contributed by atoms with Crippen molar-refractivity contribution in [1.82, 2.24) is 14.8 Å². The van der Waals surface area contributed by atoms with Crippen molar-refractivity contribution in [3.05, 3.63) is 65.5 Å². The van der Waals surface area contributed by atoms with Crippen LogP contribution in [0.5, 0.6) is 0 Å². The summed E-state index contributed by atoms with van der Waals surface area (Å²) in [5, 5.41) is 0. The number of aryl methyl sites for hydroxylation is 1. The lowest BCUT2D eigenvalue weighted by molar-refractivity contribution is -0.131. The van der Waals surface area contributed by atoms with Crippen molar-refractivity contribution in [3.8, 4) is 0 Å². The van der Waals surface area contributed by atoms with E-state index in [-0.39, 0.29) is 5.91 Å². The Kier molecular flexibility index (Phi) is 7.61. The van der Waals surface area contributed by atoms with E-state index >= 15 is 0 Å². The standard InChI is InChI=1S/C24H33N3O/c1-3-27(24(28)18-23-10-6-7-14-25-23)19-21-11-15-26(16-12-21)17-13-22-9-5-4-8-20(22)2/h4-10,14,21H,3,11-13,15-19H2,1-2H3. The van der Waals surface area contributed by atoms with Crippen LogP contribution in [-0.2, 0) is 17.6 Å². The predicted octanol–water partition coefficient (Wildman–Crippen LogP) is 3.74. The van der Waals surface area contributed by atoms with Gasteiger partial charge in [0.2, 0.25) is 5.91 Å². The minimum Gasteiger partial charge on any atom is -0.342 e. The lowest BCUT2D eigenvalue weighted by atomic mass is 9.95. The first kappa shape index (κ1) is 20.5. The molecule has 28 heavy (non-hydrogen) atoms. The number of benzene rings is 1. The fourth-order valence-electron chi connectivity index (χ4n) is 4.05. The average Bonchev–Trinajstić information content (AvgIpc) is 2.73. The van der Waals surface area contributed by atoms with Crippen LogP contribution in [0.2, 0.25) is 0 Å². The van der Waals surface area contributed by atoms with E-state index in [1.54, 1.807) is 6.20 Å². The van der Waals surface area contributed by atoms with Gasteiger partial charge in [-0.25, -0.2) is 0 Å². The Balaban J connectivity index is 1.42. The average molecular weight is 380 g/mol. The highest BCUT2D eigenvalue weighted by atomic mass is 16.2. The number of piperidine rings is 1. The minimum atomic E-state index is 0.197. The molecule has 1 aromatic heterocycles. The topological polar surface area (TPSA) is 36.4 Å². The molecule has 1 amide bonds. The molecule has 0 unspecified atom stereocenters. The third kappa shape index (κ3) is 5.90. The fourth-order valence-corrected chi connectivity index (χ4v) is 4.05. The normalized spacial score (nSPS) is 15.5. The summed E-state index contributed by atoms with van der Waals surface area (Å²) in [6.07, 6.45) is 5.65. The van der Waals surface area contributed by atoms with Crippen LogP contribution in [0.25, 0.3) is 0 Å². The van der Waals surface area contributed by atoms with Crippen LogP contribution >= 0.6 is 0 Å². The van der Waals surface area contributed by atoms with Gasteiger partial charge < -0.3 is 9.80 Å². The Hall–Kier alpha value is -2.20. The lowest BCUT2D eigenvalue weighted by Gasteiger charge is -2.34. The largest absolute Gasteiger partial charge is 0.342 e. The summed E-state index contributed by atoms with van der Waals surface area (Å²) in [6.45, 7) is 9.35. The zero-order valence-corrected chi connectivity index (χ0v) is 17.3. The number of pyridine rings is 1. The molecule has 4 heteroatoms. The van der Waals surface area contributed by atoms with E-state index in [1.165, 1.54) is 24.0 Å². The lowest BCUT2D eigenvalue weighted by Crippen LogP contribution is -2.41. The van der Waals surface area contributed by atoms with Crippen LogP contribution in [0.15, 0.2) is 48.7 Å². The molecule has 2 aromatic rings. The number of carbonyl (C=O) groups is 1. The smallest absolute Gasteiger partial charge is 0.228 e. The van der Waals surface area contributed by atoms with Crippen LogP contribution in [0.1, 0.15) is 36.6 Å². The van der Waals surface area contributed by atoms with E-state index < -0.39 is 0 Å². The molecule has 1 saturated heterocycles. The Morgan fingerprint density at radius 1 is 1.14 bits per heavy atom. The van der Waals surface area contributed by atoms with Gasteiger partial charge in [-0.05, 0) is 75.4 Å². The van der Waals surface area contributed by atoms with Gasteiger partial charge >= 0.3 is 0 Å². The van der Waals surface area contributed by atoms with Crippen LogP contribution in [0.4, 0.5) is 0 Å². The van der Waals surface area contributed by atoms with E-state index in [2.05, 4.69) is 48.0 Å². The van der Waals surface area contributed by atoms with Crippen molar-refractivity contribution in [2.45, 2.75) is 39.5 Å². The molecule has 0 bridgehead atoms. The van der Waals surface area contributed by atoms with Gasteiger partial charge in [-0.2, -0.15) is 0 Å². The van der Waals surface area contributed by atoms with Crippen LogP contribution in [0.3, 0.4) is 0 Å². The summed E-state index contributed by atoms with van der Waals surface area (Å²) in [5.41, 5.74) is 3.71. The van der Waals surface area contributed by atoms with Gasteiger partial charge in [0.15, 0.2) is 0 Å². The summed E-state index contributed by atoms with van der Waals surface area (Å²) in [7, 11) is 0. The van der Waals surface area contributed by atoms with Crippen LogP contribution in [0, 0.1) is 12.8 Å². The van der Waals surface area contributed by atoms with Crippen molar-refractivity contribution in [1.29, 1.82) is 0 Å². The van der Waals surface area contributed by atoms with Crippen molar-refractivity contribution in [3.63, 3.8) is 0 Å². The number of carbonyl (C=O) groups excluding carboxylic acids is 1. The van der Waals surface area contributed by atoms with Gasteiger partial charge in [0, 0.05) is 31.5 Å². The maximum atomic E-state index is 12.6. The summed E-state index contributed by atoms with van der Waals surface area (Å²) < 4.78 is 0. The quantitative estimate of drug-likeness (QED) is 0.701. The molecule has 0 spiro atoms. The summed E-state index contributed by atoms with van der Waals surface area (Å²) in [6, 6.07) is 14.4. The van der Waals surface area contributed by atoms with Crippen LogP contribution < -0.4 is 0 Å². The molecule has 2 heterocycles. The summed E-state index contributed by atoms with van der Waals surface area (Å²) in [4.78, 5) is 21.5. The molecule has 0 saturated carbocycles. The van der Waals surface area contributed by atoms with Gasteiger partial charge in [-0.3, -0.25) is 9.78 Å². The molecule has 3 rings (SSSR count). The molecule has 0 radical (unpaired) electrons. The van der Waals surface area contributed by atoms with Crippen molar-refractivity contribution < 1.29 is 4.79 Å². The number of likely N-dealkylation sites (N-methyl/N-ethyl adjacent to an activating group) is 1. The molecule has 1 aliphatic rings. The molecule has 0 atom stereocenters. The zero-order valence-electron chi connectivity index (χ0n) is 17.3. The first-order valence-electron chi connectivity index (χ1n) is 10.6. The molecule has 0 aliphatic carbocycles. The van der Waals surface area contributed by atoms with Gasteiger partial charge in [-0.1, -0.05) is 30.3 Å². The maximum absolute atomic E-state index is 12.6. The van der Waals surface area contributed by atoms with E-state index in [0.717, 1.165) is 44.8 Å². The van der Waals surface area contributed by atoms with Gasteiger partial charge in [0.05, 0.1) is 6.42 Å². The summed E-state index contributed by atoms with van der Waals surface area (Å²) >= 11 is 0. The Bertz CT molecular complexity index is 739. The number of amides is 1. The second kappa shape index (κ2) is 10.4. The van der Waals surface area contributed by atoms with Crippen molar-refractivity contribution >= 4 is 5.91 Å². The zero-order chi connectivity index (χ0) is 19.8. The molecule has 150 valence electrons. The highest BCUT2D eigenvalue weighted by Crippen LogP contribution is 2.20. The van der Waals surface area contributed by atoms with Gasteiger partial charge in [0.1, 0.15) is 0 Å². The van der Waals surface area contributed by atoms with E-state index in [4.69, 9.17) is 0 Å². The minimum absolute atomic E-state index is 0.197. The highest BCUT2D eigenvalue weighted by Gasteiger charge is 2.23. The molecule has 1 aliphatic heterocycles. The number of hydrogen-bond donors (Lipinski definition) is 0. The molecule has 1 aromatic carbocycles. The predicted molar refractivity (Wildman–Crippen MR) is 114 cm³/mol. The van der Waals surface area contributed by atoms with Crippen LogP contribution in [-0.4, -0.2) is 53.4 Å². The van der Waals surface area contributed by atoms with E-state index in [0.29, 0.717) is 12.3 Å². The Morgan fingerprint density at radius 3 is 2.57 bits per heavy atom. The Morgan fingerprint density at radius 2 is 1.89 bits per heavy atom. The van der Waals surface area contributed by atoms with Crippen molar-refractivity contribution in [2.24, 2.45) is 5.92 Å². The van der Waals surface area contributed by atoms with Gasteiger partial charge in [0.25, 0.3) is 0 Å². The molecule has 4 nitrogen and oxygen atoms in total. The van der Waals surface area contributed by atoms with E-state index in [1.807, 2.05) is 23.1 Å². The number of rotatable bonds is 8. The maximum Gasteiger partial charge on any atom is 0.228 e. The SMILES string of the molecule is CCN(CC1CCN(CCc2ccccc2C)CC1)C(=O)Cc1ccccn1. The fraction of sp³-hybridized carbons (Fsp3) is 0.500. The van der Waals surface area contributed by atoms with Gasteiger partial charge in [-0.15, -0.1) is 0 Å². The first-order chi connectivity index (χ1) is 13.7. The number of hydrogen-bond acceptors (Lipinski definition) is 3. The highest BCUT2D eigenvalue weighted by molar-refractivity contribution is 5.78. The number of likely N-dealkylation sites (tertiary alicyclic amines) is 1. The monoisotopic (exact) mass is 379 g/mol. The molecule has 0 N–H and O–H groups in total. The van der Waals surface area contributed by atoms with Crippen molar-refractivity contribution in [2.75, 3.05) is 32.7 Å². The first-order valence-corrected chi connectivity index (χ1v) is 10.6. The molecule has 1 fully saturated rings. The molecular weight excluding hydrogens is 346 g/mol. The Labute approximate surface area is 169 Å². The third-order valence-corrected chi connectivity index (χ3v) is 5.94. The number of aromatic nitrogens is 1. The second-order valence-corrected chi connectivity index (χ2v) is 7.89. The molecular formula is C24H33N3O. The third-order valence-electron chi connectivity index (χ3n) is 5.94.